The predicted octanol–water partition coefficient (Wildman–Crippen LogP) is 3.51. The number of hydrogen-bond acceptors (Lipinski definition) is 4. The summed E-state index contributed by atoms with van der Waals surface area (Å²) in [4.78, 5) is 22.2. The number of amides is 1. The zero-order valence-corrected chi connectivity index (χ0v) is 11.7. The summed E-state index contributed by atoms with van der Waals surface area (Å²) in [6.45, 7) is 1.72. The Bertz CT molecular complexity index is 731. The molecule has 0 unspecified atom stereocenters. The van der Waals surface area contributed by atoms with Gasteiger partial charge in [-0.05, 0) is 36.8 Å². The molecule has 0 atom stereocenters. The highest BCUT2D eigenvalue weighted by molar-refractivity contribution is 6.30. The molecular weight excluding hydrogens is 296 g/mol. The van der Waals surface area contributed by atoms with E-state index in [1.54, 1.807) is 25.1 Å². The van der Waals surface area contributed by atoms with Crippen LogP contribution in [-0.2, 0) is 0 Å². The molecule has 2 aromatic rings. The molecule has 0 spiro atoms. The first-order valence-corrected chi connectivity index (χ1v) is 6.31. The number of phenolic OH excluding ortho intramolecular Hbond substituents is 1. The van der Waals surface area contributed by atoms with Gasteiger partial charge in [0.2, 0.25) is 0 Å². The molecule has 0 aromatic heterocycles. The summed E-state index contributed by atoms with van der Waals surface area (Å²) in [6, 6.07) is 8.14. The second-order valence-corrected chi connectivity index (χ2v) is 4.81. The maximum Gasteiger partial charge on any atom is 0.271 e. The molecule has 0 aliphatic heterocycles. The van der Waals surface area contributed by atoms with E-state index in [2.05, 4.69) is 5.32 Å². The standard InChI is InChI=1S/C14H11ClN2O4/c1-8-6-9(15)2-4-11(8)14(19)16-12-7-10(17(20)21)3-5-13(12)18/h2-7,18H,1H3,(H,16,19). The number of nitrogens with one attached hydrogen (secondary N) is 1. The lowest BCUT2D eigenvalue weighted by molar-refractivity contribution is -0.384. The highest BCUT2D eigenvalue weighted by Gasteiger charge is 2.15. The quantitative estimate of drug-likeness (QED) is 0.515. The molecule has 0 saturated heterocycles. The van der Waals surface area contributed by atoms with Crippen LogP contribution in [0.1, 0.15) is 15.9 Å². The van der Waals surface area contributed by atoms with Crippen LogP contribution >= 0.6 is 11.6 Å². The number of nitro groups is 1. The van der Waals surface area contributed by atoms with E-state index in [1.807, 2.05) is 0 Å². The van der Waals surface area contributed by atoms with Gasteiger partial charge in [0.1, 0.15) is 5.75 Å². The van der Waals surface area contributed by atoms with Crippen molar-refractivity contribution in [3.8, 4) is 5.75 Å². The van der Waals surface area contributed by atoms with Gasteiger partial charge in [0, 0.05) is 22.7 Å². The van der Waals surface area contributed by atoms with Crippen LogP contribution in [0.3, 0.4) is 0 Å². The molecule has 0 radical (unpaired) electrons. The Morgan fingerprint density at radius 2 is 2.00 bits per heavy atom. The normalized spacial score (nSPS) is 10.2. The molecule has 1 amide bonds. The second-order valence-electron chi connectivity index (χ2n) is 4.37. The zero-order chi connectivity index (χ0) is 15.6. The molecule has 108 valence electrons. The van der Waals surface area contributed by atoms with Gasteiger partial charge in [-0.2, -0.15) is 0 Å². The largest absolute Gasteiger partial charge is 0.506 e. The number of non-ortho nitro benzene ring substituents is 1. The molecule has 0 saturated carbocycles. The van der Waals surface area contributed by atoms with E-state index in [0.29, 0.717) is 16.1 Å². The molecule has 2 rings (SSSR count). The van der Waals surface area contributed by atoms with Crippen LogP contribution < -0.4 is 5.32 Å². The van der Waals surface area contributed by atoms with Gasteiger partial charge < -0.3 is 10.4 Å². The number of anilines is 1. The Morgan fingerprint density at radius 3 is 2.62 bits per heavy atom. The van der Waals surface area contributed by atoms with Crippen molar-refractivity contribution in [2.45, 2.75) is 6.92 Å². The SMILES string of the molecule is Cc1cc(Cl)ccc1C(=O)Nc1cc([N+](=O)[O-])ccc1O. The van der Waals surface area contributed by atoms with E-state index in [1.165, 1.54) is 0 Å². The van der Waals surface area contributed by atoms with Gasteiger partial charge in [0.15, 0.2) is 0 Å². The number of benzene rings is 2. The predicted molar refractivity (Wildman–Crippen MR) is 78.9 cm³/mol. The number of hydrogen-bond donors (Lipinski definition) is 2. The lowest BCUT2D eigenvalue weighted by Crippen LogP contribution is -2.13. The second kappa shape index (κ2) is 5.80. The van der Waals surface area contributed by atoms with Gasteiger partial charge in [0.25, 0.3) is 11.6 Å². The summed E-state index contributed by atoms with van der Waals surface area (Å²) in [7, 11) is 0. The molecule has 21 heavy (non-hydrogen) atoms. The Balaban J connectivity index is 2.31. The Hall–Kier alpha value is -2.60. The van der Waals surface area contributed by atoms with Crippen LogP contribution in [0.2, 0.25) is 5.02 Å². The summed E-state index contributed by atoms with van der Waals surface area (Å²) < 4.78 is 0. The third kappa shape index (κ3) is 3.29. The van der Waals surface area contributed by atoms with E-state index in [4.69, 9.17) is 11.6 Å². The third-order valence-corrected chi connectivity index (χ3v) is 3.11. The van der Waals surface area contributed by atoms with Gasteiger partial charge in [-0.15, -0.1) is 0 Å². The van der Waals surface area contributed by atoms with Gasteiger partial charge >= 0.3 is 0 Å². The van der Waals surface area contributed by atoms with Crippen molar-refractivity contribution < 1.29 is 14.8 Å². The van der Waals surface area contributed by atoms with Crippen molar-refractivity contribution in [3.63, 3.8) is 0 Å². The average molecular weight is 307 g/mol. The molecule has 2 aromatic carbocycles. The molecule has 0 aliphatic rings. The zero-order valence-electron chi connectivity index (χ0n) is 11.0. The van der Waals surface area contributed by atoms with Crippen molar-refractivity contribution in [3.05, 3.63) is 62.7 Å². The smallest absolute Gasteiger partial charge is 0.271 e. The molecule has 0 heterocycles. The number of aromatic hydroxyl groups is 1. The van der Waals surface area contributed by atoms with Crippen molar-refractivity contribution in [2.24, 2.45) is 0 Å². The maximum atomic E-state index is 12.1. The first-order chi connectivity index (χ1) is 9.88. The number of aryl methyl sites for hydroxylation is 1. The molecule has 0 fully saturated rings. The van der Waals surface area contributed by atoms with Gasteiger partial charge in [-0.25, -0.2) is 0 Å². The summed E-state index contributed by atoms with van der Waals surface area (Å²) in [5.74, 6) is -0.736. The van der Waals surface area contributed by atoms with Gasteiger partial charge in [-0.3, -0.25) is 14.9 Å². The number of rotatable bonds is 3. The number of carbonyl (C=O) groups excluding carboxylic acids is 1. The van der Waals surface area contributed by atoms with E-state index in [0.717, 1.165) is 18.2 Å². The minimum Gasteiger partial charge on any atom is -0.506 e. The van der Waals surface area contributed by atoms with E-state index >= 15 is 0 Å². The first-order valence-electron chi connectivity index (χ1n) is 5.93. The molecule has 0 bridgehead atoms. The third-order valence-electron chi connectivity index (χ3n) is 2.87. The average Bonchev–Trinajstić information content (AvgIpc) is 2.40. The van der Waals surface area contributed by atoms with Crippen LogP contribution in [0, 0.1) is 17.0 Å². The number of nitro benzene ring substituents is 1. The monoisotopic (exact) mass is 306 g/mol. The highest BCUT2D eigenvalue weighted by atomic mass is 35.5. The van der Waals surface area contributed by atoms with Crippen LogP contribution in [0.4, 0.5) is 11.4 Å². The number of carbonyl (C=O) groups is 1. The Morgan fingerprint density at radius 1 is 1.29 bits per heavy atom. The van der Waals surface area contributed by atoms with E-state index in [9.17, 15) is 20.0 Å². The molecule has 7 heteroatoms. The fourth-order valence-electron chi connectivity index (χ4n) is 1.81. The molecule has 6 nitrogen and oxygen atoms in total. The van der Waals surface area contributed by atoms with Crippen LogP contribution in [0.15, 0.2) is 36.4 Å². The first kappa shape index (κ1) is 14.8. The number of nitrogens with zero attached hydrogens (tertiary/aromatic N) is 1. The van der Waals surface area contributed by atoms with E-state index in [-0.39, 0.29) is 17.1 Å². The van der Waals surface area contributed by atoms with Crippen LogP contribution in [-0.4, -0.2) is 15.9 Å². The lowest BCUT2D eigenvalue weighted by atomic mass is 10.1. The van der Waals surface area contributed by atoms with Crippen molar-refractivity contribution >= 4 is 28.9 Å². The van der Waals surface area contributed by atoms with Crippen molar-refractivity contribution in [2.75, 3.05) is 5.32 Å². The van der Waals surface area contributed by atoms with Crippen LogP contribution in [0.5, 0.6) is 5.75 Å². The summed E-state index contributed by atoms with van der Waals surface area (Å²) in [5, 5.41) is 23.3. The van der Waals surface area contributed by atoms with Gasteiger partial charge in [-0.1, -0.05) is 11.6 Å². The van der Waals surface area contributed by atoms with E-state index < -0.39 is 10.8 Å². The Kier molecular flexibility index (Phi) is 4.09. The highest BCUT2D eigenvalue weighted by Crippen LogP contribution is 2.28. The lowest BCUT2D eigenvalue weighted by Gasteiger charge is -2.09. The fourth-order valence-corrected chi connectivity index (χ4v) is 2.04. The summed E-state index contributed by atoms with van der Waals surface area (Å²) in [6.07, 6.45) is 0. The van der Waals surface area contributed by atoms with Crippen molar-refractivity contribution in [1.82, 2.24) is 0 Å². The minimum absolute atomic E-state index is 0.0245. The summed E-state index contributed by atoms with van der Waals surface area (Å²) >= 11 is 5.82. The van der Waals surface area contributed by atoms with Crippen LogP contribution in [0.25, 0.3) is 0 Å². The molecule has 2 N–H and O–H groups in total. The minimum atomic E-state index is -0.608. The van der Waals surface area contributed by atoms with Crippen molar-refractivity contribution in [1.29, 1.82) is 0 Å². The topological polar surface area (TPSA) is 92.5 Å². The molecular formula is C14H11ClN2O4. The summed E-state index contributed by atoms with van der Waals surface area (Å²) in [5.41, 5.74) is 0.773. The van der Waals surface area contributed by atoms with Gasteiger partial charge in [0.05, 0.1) is 10.6 Å². The number of phenols is 1. The fraction of sp³-hybridized carbons (Fsp3) is 0.0714. The Labute approximate surface area is 125 Å². The number of halogens is 1. The maximum absolute atomic E-state index is 12.1. The molecule has 0 aliphatic carbocycles.